The van der Waals surface area contributed by atoms with Crippen molar-refractivity contribution in [3.8, 4) is 0 Å². The molecule has 0 spiro atoms. The second-order valence-corrected chi connectivity index (χ2v) is 6.14. The van der Waals surface area contributed by atoms with E-state index in [1.54, 1.807) is 0 Å². The zero-order valence-electron chi connectivity index (χ0n) is 15.2. The Labute approximate surface area is 145 Å². The van der Waals surface area contributed by atoms with Crippen molar-refractivity contribution >= 4 is 11.6 Å². The average molecular weight is 333 g/mol. The van der Waals surface area contributed by atoms with Gasteiger partial charge in [-0.15, -0.1) is 0 Å². The van der Waals surface area contributed by atoms with Crippen molar-refractivity contribution in [1.29, 1.82) is 0 Å². The largest absolute Gasteiger partial charge is 0.379 e. The maximum Gasteiger partial charge on any atom is 0.191 e. The maximum atomic E-state index is 5.38. The number of hydrogen-bond donors (Lipinski definition) is 2. The van der Waals surface area contributed by atoms with Crippen LogP contribution in [0.5, 0.6) is 0 Å². The van der Waals surface area contributed by atoms with E-state index in [0.29, 0.717) is 6.54 Å². The Morgan fingerprint density at radius 2 is 1.88 bits per heavy atom. The molecule has 1 aromatic rings. The van der Waals surface area contributed by atoms with E-state index in [-0.39, 0.29) is 0 Å². The van der Waals surface area contributed by atoms with E-state index in [4.69, 9.17) is 4.74 Å². The molecule has 1 aliphatic rings. The summed E-state index contributed by atoms with van der Waals surface area (Å²) >= 11 is 0. The fourth-order valence-corrected chi connectivity index (χ4v) is 2.57. The number of rotatable bonds is 7. The first-order valence-electron chi connectivity index (χ1n) is 8.77. The zero-order valence-corrected chi connectivity index (χ0v) is 15.2. The van der Waals surface area contributed by atoms with E-state index in [1.165, 1.54) is 11.3 Å². The van der Waals surface area contributed by atoms with Crippen LogP contribution in [0.4, 0.5) is 5.69 Å². The minimum atomic E-state index is 0.681. The van der Waals surface area contributed by atoms with Crippen LogP contribution in [0.25, 0.3) is 0 Å². The molecule has 0 aromatic heterocycles. The molecule has 0 radical (unpaired) electrons. The molecule has 1 aromatic carbocycles. The third-order valence-corrected chi connectivity index (χ3v) is 4.04. The summed E-state index contributed by atoms with van der Waals surface area (Å²) in [7, 11) is 4.10. The lowest BCUT2D eigenvalue weighted by Crippen LogP contribution is -2.44. The van der Waals surface area contributed by atoms with Gasteiger partial charge in [-0.1, -0.05) is 12.1 Å². The number of nitrogens with one attached hydrogen (secondary N) is 2. The van der Waals surface area contributed by atoms with E-state index in [9.17, 15) is 0 Å². The number of morpholine rings is 1. The van der Waals surface area contributed by atoms with E-state index in [2.05, 4.69) is 70.7 Å². The Hall–Kier alpha value is -1.79. The molecule has 2 rings (SSSR count). The molecule has 24 heavy (non-hydrogen) atoms. The van der Waals surface area contributed by atoms with Gasteiger partial charge in [0.2, 0.25) is 0 Å². The van der Waals surface area contributed by atoms with Crippen molar-refractivity contribution in [2.75, 3.05) is 64.9 Å². The van der Waals surface area contributed by atoms with Crippen molar-refractivity contribution in [3.63, 3.8) is 0 Å². The summed E-state index contributed by atoms with van der Waals surface area (Å²) in [5.41, 5.74) is 2.42. The molecule has 0 atom stereocenters. The van der Waals surface area contributed by atoms with Crippen LogP contribution in [0.1, 0.15) is 12.5 Å². The summed E-state index contributed by atoms with van der Waals surface area (Å²) in [6, 6.07) is 8.53. The minimum Gasteiger partial charge on any atom is -0.379 e. The quantitative estimate of drug-likeness (QED) is 0.579. The first kappa shape index (κ1) is 18.5. The highest BCUT2D eigenvalue weighted by atomic mass is 16.5. The fraction of sp³-hybridized carbons (Fsp3) is 0.611. The highest BCUT2D eigenvalue weighted by molar-refractivity contribution is 5.79. The lowest BCUT2D eigenvalue weighted by Gasteiger charge is -2.26. The number of hydrogen-bond acceptors (Lipinski definition) is 4. The van der Waals surface area contributed by atoms with Crippen molar-refractivity contribution in [2.24, 2.45) is 4.99 Å². The molecule has 1 saturated heterocycles. The number of guanidine groups is 1. The molecule has 1 aliphatic heterocycles. The molecule has 6 nitrogen and oxygen atoms in total. The third-order valence-electron chi connectivity index (χ3n) is 4.04. The van der Waals surface area contributed by atoms with Gasteiger partial charge in [0.1, 0.15) is 0 Å². The summed E-state index contributed by atoms with van der Waals surface area (Å²) in [5.74, 6) is 0.877. The van der Waals surface area contributed by atoms with Crippen molar-refractivity contribution < 1.29 is 4.74 Å². The van der Waals surface area contributed by atoms with E-state index in [0.717, 1.165) is 51.9 Å². The van der Waals surface area contributed by atoms with Crippen molar-refractivity contribution in [2.45, 2.75) is 13.5 Å². The molecule has 2 N–H and O–H groups in total. The number of aliphatic imine (C=N–C) groups is 1. The van der Waals surface area contributed by atoms with Crippen LogP contribution in [-0.2, 0) is 11.3 Å². The second-order valence-electron chi connectivity index (χ2n) is 6.14. The van der Waals surface area contributed by atoms with Crippen LogP contribution in [0.15, 0.2) is 29.3 Å². The molecule has 0 unspecified atom stereocenters. The van der Waals surface area contributed by atoms with Crippen LogP contribution in [-0.4, -0.2) is 70.9 Å². The van der Waals surface area contributed by atoms with E-state index < -0.39 is 0 Å². The number of nitrogens with zero attached hydrogens (tertiary/aromatic N) is 3. The number of anilines is 1. The molecule has 0 saturated carbocycles. The van der Waals surface area contributed by atoms with Gasteiger partial charge in [0.25, 0.3) is 0 Å². The van der Waals surface area contributed by atoms with Gasteiger partial charge >= 0.3 is 0 Å². The molecule has 1 heterocycles. The summed E-state index contributed by atoms with van der Waals surface area (Å²) in [6.07, 6.45) is 0. The molecule has 0 aliphatic carbocycles. The van der Waals surface area contributed by atoms with Gasteiger partial charge in [-0.3, -0.25) is 4.90 Å². The number of ether oxygens (including phenoxy) is 1. The van der Waals surface area contributed by atoms with Crippen molar-refractivity contribution in [3.05, 3.63) is 29.8 Å². The second kappa shape index (κ2) is 10.2. The topological polar surface area (TPSA) is 52.1 Å². The van der Waals surface area contributed by atoms with Gasteiger partial charge in [0.05, 0.1) is 19.8 Å². The highest BCUT2D eigenvalue weighted by Crippen LogP contribution is 2.12. The average Bonchev–Trinajstić information content (AvgIpc) is 2.61. The molecule has 6 heteroatoms. The molecule has 0 bridgehead atoms. The van der Waals surface area contributed by atoms with Crippen LogP contribution >= 0.6 is 0 Å². The Balaban J connectivity index is 1.80. The normalized spacial score (nSPS) is 16.0. The first-order valence-corrected chi connectivity index (χ1v) is 8.77. The van der Waals surface area contributed by atoms with Gasteiger partial charge in [-0.2, -0.15) is 0 Å². The molecule has 0 amide bonds. The predicted molar refractivity (Wildman–Crippen MR) is 101 cm³/mol. The van der Waals surface area contributed by atoms with Gasteiger partial charge < -0.3 is 20.3 Å². The summed E-state index contributed by atoms with van der Waals surface area (Å²) in [5, 5.41) is 6.72. The Morgan fingerprint density at radius 1 is 1.17 bits per heavy atom. The minimum absolute atomic E-state index is 0.681. The standard InChI is InChI=1S/C18H31N5O/c1-4-19-18(20-9-10-23-11-13-24-14-12-23)21-15-16-5-7-17(8-6-16)22(2)3/h5-8H,4,9-15H2,1-3H3,(H2,19,20,21). The fourth-order valence-electron chi connectivity index (χ4n) is 2.57. The van der Waals surface area contributed by atoms with Crippen molar-refractivity contribution in [1.82, 2.24) is 15.5 Å². The summed E-state index contributed by atoms with van der Waals surface area (Å²) in [4.78, 5) is 9.20. The Kier molecular flexibility index (Phi) is 7.85. The molecular weight excluding hydrogens is 302 g/mol. The molecule has 1 fully saturated rings. The zero-order chi connectivity index (χ0) is 17.2. The van der Waals surface area contributed by atoms with Crippen LogP contribution in [0, 0.1) is 0 Å². The number of benzene rings is 1. The van der Waals surface area contributed by atoms with E-state index >= 15 is 0 Å². The Morgan fingerprint density at radius 3 is 2.50 bits per heavy atom. The Bertz CT molecular complexity index is 495. The molecular formula is C18H31N5O. The van der Waals surface area contributed by atoms with Crippen LogP contribution in [0.3, 0.4) is 0 Å². The first-order chi connectivity index (χ1) is 11.7. The lowest BCUT2D eigenvalue weighted by atomic mass is 10.2. The SMILES string of the molecule is CCNC(=NCc1ccc(N(C)C)cc1)NCCN1CCOCC1. The smallest absolute Gasteiger partial charge is 0.191 e. The third kappa shape index (κ3) is 6.37. The predicted octanol–water partition coefficient (Wildman–Crippen LogP) is 1.14. The maximum absolute atomic E-state index is 5.38. The van der Waals surface area contributed by atoms with Crippen LogP contribution < -0.4 is 15.5 Å². The van der Waals surface area contributed by atoms with Gasteiger partial charge in [-0.25, -0.2) is 4.99 Å². The summed E-state index contributed by atoms with van der Waals surface area (Å²) < 4.78 is 5.38. The van der Waals surface area contributed by atoms with E-state index in [1.807, 2.05) is 0 Å². The monoisotopic (exact) mass is 333 g/mol. The van der Waals surface area contributed by atoms with Crippen LogP contribution in [0.2, 0.25) is 0 Å². The lowest BCUT2D eigenvalue weighted by molar-refractivity contribution is 0.0389. The van der Waals surface area contributed by atoms with Gasteiger partial charge in [0, 0.05) is 52.5 Å². The highest BCUT2D eigenvalue weighted by Gasteiger charge is 2.09. The summed E-state index contributed by atoms with van der Waals surface area (Å²) in [6.45, 7) is 9.28. The van der Waals surface area contributed by atoms with Gasteiger partial charge in [-0.05, 0) is 24.6 Å². The molecule has 134 valence electrons. The van der Waals surface area contributed by atoms with Gasteiger partial charge in [0.15, 0.2) is 5.96 Å².